The maximum absolute atomic E-state index is 12.7. The fourth-order valence-corrected chi connectivity index (χ4v) is 3.18. The summed E-state index contributed by atoms with van der Waals surface area (Å²) in [6.45, 7) is 4.65. The van der Waals surface area contributed by atoms with E-state index in [-0.39, 0.29) is 11.7 Å². The smallest absolute Gasteiger partial charge is 0.240 e. The van der Waals surface area contributed by atoms with Gasteiger partial charge in [-0.15, -0.1) is 0 Å². The van der Waals surface area contributed by atoms with Gasteiger partial charge in [-0.25, -0.2) is 0 Å². The van der Waals surface area contributed by atoms with E-state index in [4.69, 9.17) is 11.5 Å². The molecule has 4 N–H and O–H groups in total. The van der Waals surface area contributed by atoms with Crippen LogP contribution in [0, 0.1) is 5.92 Å². The van der Waals surface area contributed by atoms with Crippen LogP contribution in [0.5, 0.6) is 0 Å². The quantitative estimate of drug-likeness (QED) is 0.834. The summed E-state index contributed by atoms with van der Waals surface area (Å²) >= 11 is 0. The highest BCUT2D eigenvalue weighted by molar-refractivity contribution is 5.94. The predicted molar refractivity (Wildman–Crippen MR) is 90.5 cm³/mol. The largest absolute Gasteiger partial charge is 0.331 e. The van der Waals surface area contributed by atoms with Gasteiger partial charge in [0.2, 0.25) is 5.91 Å². The number of amides is 1. The first kappa shape index (κ1) is 17.6. The van der Waals surface area contributed by atoms with Crippen LogP contribution in [0.3, 0.4) is 0 Å². The number of carbonyl (C=O) groups excluding carboxylic acids is 2. The van der Waals surface area contributed by atoms with Gasteiger partial charge in [0.05, 0.1) is 18.1 Å². The number of Topliss-reactive ketones (excluding diaryl/α,β-unsaturated/α-hetero) is 1. The summed E-state index contributed by atoms with van der Waals surface area (Å²) in [5.74, 6) is 0.117. The summed E-state index contributed by atoms with van der Waals surface area (Å²) < 4.78 is 0. The number of nitrogens with zero attached hydrogens (tertiary/aromatic N) is 1. The first-order valence-electron chi connectivity index (χ1n) is 8.32. The summed E-state index contributed by atoms with van der Waals surface area (Å²) in [4.78, 5) is 26.9. The first-order valence-corrected chi connectivity index (χ1v) is 8.32. The van der Waals surface area contributed by atoms with Crippen molar-refractivity contribution in [2.24, 2.45) is 17.4 Å². The number of carbonyl (C=O) groups is 2. The highest BCUT2D eigenvalue weighted by atomic mass is 16.2. The summed E-state index contributed by atoms with van der Waals surface area (Å²) in [5.41, 5.74) is 12.9. The molecule has 1 aromatic carbocycles. The van der Waals surface area contributed by atoms with Gasteiger partial charge in [-0.3, -0.25) is 9.59 Å². The molecule has 1 aromatic rings. The molecule has 0 aliphatic carbocycles. The third-order valence-electron chi connectivity index (χ3n) is 4.37. The van der Waals surface area contributed by atoms with Crippen molar-refractivity contribution < 1.29 is 9.59 Å². The normalized spacial score (nSPS) is 20.6. The van der Waals surface area contributed by atoms with Crippen LogP contribution in [-0.2, 0) is 9.59 Å². The fraction of sp³-hybridized carbons (Fsp3) is 0.556. The van der Waals surface area contributed by atoms with Crippen molar-refractivity contribution in [1.82, 2.24) is 4.90 Å². The minimum Gasteiger partial charge on any atom is -0.331 e. The maximum Gasteiger partial charge on any atom is 0.240 e. The van der Waals surface area contributed by atoms with E-state index in [1.807, 2.05) is 44.2 Å². The second-order valence-electron chi connectivity index (χ2n) is 6.72. The standard InChI is InChI=1S/C18H27N3O2/c1-12(2)11-14(19)18(23)21-10-6-9-15(21)17(22)16(20)13-7-4-3-5-8-13/h3-5,7-8,12,14-16H,6,9-11,19-20H2,1-2H3/t14-,15-,16?/m1/s1. The van der Waals surface area contributed by atoms with Gasteiger partial charge in [0.15, 0.2) is 5.78 Å². The van der Waals surface area contributed by atoms with Crippen molar-refractivity contribution in [3.05, 3.63) is 35.9 Å². The molecule has 0 saturated carbocycles. The molecule has 1 saturated heterocycles. The van der Waals surface area contributed by atoms with Gasteiger partial charge in [0.1, 0.15) is 0 Å². The number of benzene rings is 1. The SMILES string of the molecule is CC(C)C[C@@H](N)C(=O)N1CCC[C@@H]1C(=O)C(N)c1ccccc1. The average Bonchev–Trinajstić information content (AvgIpc) is 3.02. The summed E-state index contributed by atoms with van der Waals surface area (Å²) in [6.07, 6.45) is 2.11. The van der Waals surface area contributed by atoms with Crippen LogP contribution in [0.15, 0.2) is 30.3 Å². The van der Waals surface area contributed by atoms with Crippen LogP contribution in [0.1, 0.15) is 44.7 Å². The lowest BCUT2D eigenvalue weighted by Gasteiger charge is -2.28. The van der Waals surface area contributed by atoms with Crippen LogP contribution in [-0.4, -0.2) is 35.2 Å². The molecule has 0 spiro atoms. The van der Waals surface area contributed by atoms with Crippen LogP contribution in [0.2, 0.25) is 0 Å². The van der Waals surface area contributed by atoms with E-state index in [0.29, 0.717) is 25.3 Å². The van der Waals surface area contributed by atoms with Gasteiger partial charge in [-0.1, -0.05) is 44.2 Å². The zero-order chi connectivity index (χ0) is 17.0. The van der Waals surface area contributed by atoms with Gasteiger partial charge >= 0.3 is 0 Å². The lowest BCUT2D eigenvalue weighted by molar-refractivity contribution is -0.139. The molecule has 5 heteroatoms. The Hall–Kier alpha value is -1.72. The topological polar surface area (TPSA) is 89.4 Å². The number of hydrogen-bond donors (Lipinski definition) is 2. The van der Waals surface area contributed by atoms with Crippen LogP contribution >= 0.6 is 0 Å². The van der Waals surface area contributed by atoms with Gasteiger partial charge in [-0.05, 0) is 30.7 Å². The number of nitrogens with two attached hydrogens (primary N) is 2. The molecule has 1 fully saturated rings. The molecule has 0 aromatic heterocycles. The summed E-state index contributed by atoms with van der Waals surface area (Å²) in [6, 6.07) is 7.60. The van der Waals surface area contributed by atoms with Gasteiger partial charge in [0, 0.05) is 6.54 Å². The van der Waals surface area contributed by atoms with Gasteiger partial charge < -0.3 is 16.4 Å². The van der Waals surface area contributed by atoms with Crippen molar-refractivity contribution in [3.8, 4) is 0 Å². The lowest BCUT2D eigenvalue weighted by atomic mass is 9.96. The highest BCUT2D eigenvalue weighted by Gasteiger charge is 2.38. The molecular weight excluding hydrogens is 290 g/mol. The molecule has 23 heavy (non-hydrogen) atoms. The minimum atomic E-state index is -0.698. The Labute approximate surface area is 138 Å². The van der Waals surface area contributed by atoms with E-state index in [1.165, 1.54) is 0 Å². The van der Waals surface area contributed by atoms with Crippen LogP contribution in [0.4, 0.5) is 0 Å². The Bertz CT molecular complexity index is 544. The molecule has 1 aliphatic heterocycles. The van der Waals surface area contributed by atoms with Crippen molar-refractivity contribution in [1.29, 1.82) is 0 Å². The molecule has 0 radical (unpaired) electrons. The fourth-order valence-electron chi connectivity index (χ4n) is 3.18. The van der Waals surface area contributed by atoms with Crippen molar-refractivity contribution in [2.75, 3.05) is 6.54 Å². The molecule has 1 aliphatic rings. The molecule has 5 nitrogen and oxygen atoms in total. The maximum atomic E-state index is 12.7. The molecule has 1 heterocycles. The Balaban J connectivity index is 2.09. The van der Waals surface area contributed by atoms with E-state index < -0.39 is 18.1 Å². The lowest BCUT2D eigenvalue weighted by Crippen LogP contribution is -2.50. The van der Waals surface area contributed by atoms with E-state index in [9.17, 15) is 9.59 Å². The third-order valence-corrected chi connectivity index (χ3v) is 4.37. The predicted octanol–water partition coefficient (Wildman–Crippen LogP) is 1.62. The molecule has 3 atom stereocenters. The van der Waals surface area contributed by atoms with Gasteiger partial charge in [0.25, 0.3) is 0 Å². The van der Waals surface area contributed by atoms with Gasteiger partial charge in [-0.2, -0.15) is 0 Å². The number of rotatable bonds is 6. The number of ketones is 1. The number of hydrogen-bond acceptors (Lipinski definition) is 4. The first-order chi connectivity index (χ1) is 10.9. The average molecular weight is 317 g/mol. The Morgan fingerprint density at radius 3 is 2.48 bits per heavy atom. The van der Waals surface area contributed by atoms with E-state index in [2.05, 4.69) is 0 Å². The van der Waals surface area contributed by atoms with E-state index >= 15 is 0 Å². The Kier molecular flexibility index (Phi) is 5.91. The molecule has 126 valence electrons. The van der Waals surface area contributed by atoms with Crippen LogP contribution < -0.4 is 11.5 Å². The third kappa shape index (κ3) is 4.18. The van der Waals surface area contributed by atoms with Crippen LogP contribution in [0.25, 0.3) is 0 Å². The van der Waals surface area contributed by atoms with Crippen molar-refractivity contribution >= 4 is 11.7 Å². The second kappa shape index (κ2) is 7.70. The van der Waals surface area contributed by atoms with Crippen molar-refractivity contribution in [3.63, 3.8) is 0 Å². The van der Waals surface area contributed by atoms with E-state index in [0.717, 1.165) is 12.0 Å². The zero-order valence-corrected chi connectivity index (χ0v) is 13.9. The Morgan fingerprint density at radius 2 is 1.87 bits per heavy atom. The van der Waals surface area contributed by atoms with Crippen molar-refractivity contribution in [2.45, 2.75) is 51.2 Å². The molecule has 2 rings (SSSR count). The minimum absolute atomic E-state index is 0.0983. The monoisotopic (exact) mass is 317 g/mol. The molecule has 1 amide bonds. The zero-order valence-electron chi connectivity index (χ0n) is 13.9. The highest BCUT2D eigenvalue weighted by Crippen LogP contribution is 2.24. The second-order valence-corrected chi connectivity index (χ2v) is 6.72. The molecular formula is C18H27N3O2. The summed E-state index contributed by atoms with van der Waals surface area (Å²) in [7, 11) is 0. The molecule has 1 unspecified atom stereocenters. The van der Waals surface area contributed by atoms with E-state index in [1.54, 1.807) is 4.90 Å². The molecule has 0 bridgehead atoms. The Morgan fingerprint density at radius 1 is 1.22 bits per heavy atom. The summed E-state index contributed by atoms with van der Waals surface area (Å²) in [5, 5.41) is 0. The number of likely N-dealkylation sites (tertiary alicyclic amines) is 1.